The molecule has 0 nitrogen and oxygen atoms in total. The Labute approximate surface area is 213 Å². The monoisotopic (exact) mass is 496 g/mol. The molecule has 2 unspecified atom stereocenters. The van der Waals surface area contributed by atoms with Crippen LogP contribution >= 0.6 is 15.8 Å². The van der Waals surface area contributed by atoms with Crippen LogP contribution in [0.15, 0.2) is 0 Å². The lowest BCUT2D eigenvalue weighted by Gasteiger charge is -2.53. The van der Waals surface area contributed by atoms with E-state index in [1.165, 1.54) is 77.0 Å². The smallest absolute Gasteiger partial charge is 0.00596 e. The molecule has 0 spiro atoms. The fourth-order valence-electron chi connectivity index (χ4n) is 7.84. The molecule has 2 aliphatic rings. The Morgan fingerprint density at radius 1 is 0.515 bits per heavy atom. The molecule has 0 N–H and O–H groups in total. The molecule has 0 bridgehead atoms. The van der Waals surface area contributed by atoms with Gasteiger partial charge < -0.3 is 0 Å². The van der Waals surface area contributed by atoms with Gasteiger partial charge in [-0.25, -0.2) is 0 Å². The summed E-state index contributed by atoms with van der Waals surface area (Å²) in [7, 11) is 0.306. The molecule has 0 aromatic heterocycles. The first-order valence-corrected chi connectivity index (χ1v) is 18.5. The van der Waals surface area contributed by atoms with Crippen molar-refractivity contribution in [1.82, 2.24) is 0 Å². The van der Waals surface area contributed by atoms with Crippen LogP contribution in [0.4, 0.5) is 0 Å². The topological polar surface area (TPSA) is 0 Å². The molecule has 196 valence electrons. The highest BCUT2D eigenvalue weighted by atomic mass is 31.2. The summed E-state index contributed by atoms with van der Waals surface area (Å²) in [6, 6.07) is 0. The predicted molar refractivity (Wildman–Crippen MR) is 158 cm³/mol. The maximum atomic E-state index is 2.84. The first kappa shape index (κ1) is 30.1. The number of rotatable bonds is 18. The molecular weight excluding hydrogens is 434 g/mol. The van der Waals surface area contributed by atoms with Crippen molar-refractivity contribution in [2.75, 3.05) is 12.3 Å². The van der Waals surface area contributed by atoms with Gasteiger partial charge in [0.05, 0.1) is 0 Å². The minimum absolute atomic E-state index is 0.153. The van der Waals surface area contributed by atoms with E-state index in [0.29, 0.717) is 4.90 Å². The van der Waals surface area contributed by atoms with Gasteiger partial charge in [0.1, 0.15) is 0 Å². The molecule has 0 aromatic carbocycles. The lowest BCUT2D eigenvalue weighted by molar-refractivity contribution is 0.426. The van der Waals surface area contributed by atoms with E-state index in [-0.39, 0.29) is 15.8 Å². The Bertz CT molecular complexity index is 447. The second kappa shape index (κ2) is 15.2. The molecular formula is C31H62P2. The van der Waals surface area contributed by atoms with Crippen LogP contribution in [0.1, 0.15) is 170 Å². The van der Waals surface area contributed by atoms with E-state index in [1.807, 2.05) is 0 Å². The Hall–Kier alpha value is 0.860. The van der Waals surface area contributed by atoms with Gasteiger partial charge in [0.2, 0.25) is 0 Å². The number of hydrogen-bond donors (Lipinski definition) is 0. The van der Waals surface area contributed by atoms with Crippen molar-refractivity contribution in [2.24, 2.45) is 0 Å². The van der Waals surface area contributed by atoms with Gasteiger partial charge in [-0.15, -0.1) is 0 Å². The van der Waals surface area contributed by atoms with Crippen molar-refractivity contribution in [3.05, 3.63) is 0 Å². The fourth-order valence-corrected chi connectivity index (χ4v) is 18.8. The van der Waals surface area contributed by atoms with Crippen LogP contribution in [0.3, 0.4) is 0 Å². The maximum Gasteiger partial charge on any atom is 0.00596 e. The van der Waals surface area contributed by atoms with E-state index in [0.717, 1.165) is 10.3 Å². The van der Waals surface area contributed by atoms with Crippen LogP contribution in [0.2, 0.25) is 0 Å². The molecule has 2 heterocycles. The Kier molecular flexibility index (Phi) is 13.8. The van der Waals surface area contributed by atoms with Crippen molar-refractivity contribution >= 4 is 15.8 Å². The van der Waals surface area contributed by atoms with Crippen molar-refractivity contribution in [3.8, 4) is 0 Å². The summed E-state index contributed by atoms with van der Waals surface area (Å²) in [5.74, 6) is 0. The normalized spacial score (nSPS) is 24.5. The average Bonchev–Trinajstić information content (AvgIpc) is 3.41. The van der Waals surface area contributed by atoms with Crippen molar-refractivity contribution < 1.29 is 0 Å². The fraction of sp³-hybridized carbons (Fsp3) is 1.00. The van der Waals surface area contributed by atoms with Crippen LogP contribution in [0, 0.1) is 0 Å². The van der Waals surface area contributed by atoms with Crippen LogP contribution in [-0.2, 0) is 0 Å². The number of unbranched alkanes of at least 4 members (excludes halogenated alkanes) is 8. The highest BCUT2D eigenvalue weighted by molar-refractivity contribution is 7.79. The molecule has 0 aliphatic carbocycles. The van der Waals surface area contributed by atoms with E-state index in [1.54, 1.807) is 63.7 Å². The average molecular weight is 497 g/mol. The summed E-state index contributed by atoms with van der Waals surface area (Å²) >= 11 is 0. The lowest BCUT2D eigenvalue weighted by atomic mass is 9.90. The van der Waals surface area contributed by atoms with E-state index < -0.39 is 0 Å². The Morgan fingerprint density at radius 3 is 1.09 bits per heavy atom. The standard InChI is InChI=1S/C31H62P2/c1-7-11-15-21-30(22-16-12-8-2)25-19-27-32(30)29(5,6)33-28-20-26-31(33,23-17-13-9-3)24-18-14-10-4/h7-28H2,1-6H3. The molecule has 2 heteroatoms. The highest BCUT2D eigenvalue weighted by Gasteiger charge is 2.56. The van der Waals surface area contributed by atoms with Crippen LogP contribution in [-0.4, -0.2) is 27.5 Å². The first-order chi connectivity index (χ1) is 15.9. The van der Waals surface area contributed by atoms with Crippen LogP contribution < -0.4 is 0 Å². The van der Waals surface area contributed by atoms with Gasteiger partial charge >= 0.3 is 0 Å². The van der Waals surface area contributed by atoms with Gasteiger partial charge in [0.15, 0.2) is 0 Å². The quantitative estimate of drug-likeness (QED) is 0.131. The molecule has 2 rings (SSSR count). The SMILES string of the molecule is CCCCCC1(CCCCC)CCCP1C(C)(C)P1CCCC1(CCCCC)CCCCC. The molecule has 0 saturated carbocycles. The summed E-state index contributed by atoms with van der Waals surface area (Å²) in [5, 5.41) is 1.49. The van der Waals surface area contributed by atoms with E-state index >= 15 is 0 Å². The van der Waals surface area contributed by atoms with Gasteiger partial charge in [0.25, 0.3) is 0 Å². The summed E-state index contributed by atoms with van der Waals surface area (Å²) in [5.41, 5.74) is 0. The van der Waals surface area contributed by atoms with Crippen molar-refractivity contribution in [1.29, 1.82) is 0 Å². The zero-order valence-corrected chi connectivity index (χ0v) is 25.7. The summed E-state index contributed by atoms with van der Waals surface area (Å²) in [4.78, 5) is 0.647. The van der Waals surface area contributed by atoms with Gasteiger partial charge in [-0.05, 0) is 74.0 Å². The van der Waals surface area contributed by atoms with Crippen LogP contribution in [0.5, 0.6) is 0 Å². The lowest BCUT2D eigenvalue weighted by Crippen LogP contribution is -2.36. The third-order valence-corrected chi connectivity index (χ3v) is 18.7. The van der Waals surface area contributed by atoms with E-state index in [4.69, 9.17) is 0 Å². The summed E-state index contributed by atoms with van der Waals surface area (Å²) in [6.07, 6.45) is 33.2. The second-order valence-corrected chi connectivity index (χ2v) is 19.4. The number of hydrogen-bond acceptors (Lipinski definition) is 0. The van der Waals surface area contributed by atoms with Gasteiger partial charge in [-0.1, -0.05) is 134 Å². The minimum atomic E-state index is 0.153. The first-order valence-electron chi connectivity index (χ1n) is 15.5. The Balaban J connectivity index is 2.29. The molecule has 0 amide bonds. The molecule has 2 atom stereocenters. The molecule has 2 saturated heterocycles. The van der Waals surface area contributed by atoms with E-state index in [9.17, 15) is 0 Å². The molecule has 33 heavy (non-hydrogen) atoms. The third kappa shape index (κ3) is 7.92. The molecule has 0 radical (unpaired) electrons. The zero-order chi connectivity index (χ0) is 24.2. The molecule has 2 aliphatic heterocycles. The summed E-state index contributed by atoms with van der Waals surface area (Å²) < 4.78 is 0. The second-order valence-electron chi connectivity index (χ2n) is 12.3. The van der Waals surface area contributed by atoms with Crippen LogP contribution in [0.25, 0.3) is 0 Å². The Morgan fingerprint density at radius 2 is 0.818 bits per heavy atom. The zero-order valence-electron chi connectivity index (χ0n) is 24.0. The van der Waals surface area contributed by atoms with Gasteiger partial charge in [0, 0.05) is 4.90 Å². The van der Waals surface area contributed by atoms with Crippen molar-refractivity contribution in [2.45, 2.75) is 185 Å². The highest BCUT2D eigenvalue weighted by Crippen LogP contribution is 2.82. The van der Waals surface area contributed by atoms with Gasteiger partial charge in [-0.3, -0.25) is 0 Å². The molecule has 0 aromatic rings. The van der Waals surface area contributed by atoms with Gasteiger partial charge in [-0.2, -0.15) is 0 Å². The van der Waals surface area contributed by atoms with Crippen molar-refractivity contribution in [3.63, 3.8) is 0 Å². The molecule has 2 fully saturated rings. The largest absolute Gasteiger partial charge is 0.0900 e. The maximum absolute atomic E-state index is 2.84. The minimum Gasteiger partial charge on any atom is -0.0900 e. The predicted octanol–water partition coefficient (Wildman–Crippen LogP) is 12.1. The van der Waals surface area contributed by atoms with E-state index in [2.05, 4.69) is 41.5 Å². The summed E-state index contributed by atoms with van der Waals surface area (Å²) in [6.45, 7) is 15.3. The third-order valence-electron chi connectivity index (χ3n) is 9.50.